The van der Waals surface area contributed by atoms with Gasteiger partial charge in [0.1, 0.15) is 0 Å². The minimum Gasteiger partial charge on any atom is -0.342 e. The predicted octanol–water partition coefficient (Wildman–Crippen LogP) is 2.86. The van der Waals surface area contributed by atoms with Crippen LogP contribution in [0, 0.1) is 11.8 Å². The number of anilines is 1. The second-order valence-electron chi connectivity index (χ2n) is 8.25. The number of benzene rings is 1. The standard InChI is InChI=1S/C22H31N3O3/c1-16(2)19-5-3-4-6-20(19)23-21(27)17-7-9-18(10-8-17)22(28)25-13-11-24(15-26)12-14-25/h3-6,15-18H,7-14H2,1-2H3,(H,23,27). The van der Waals surface area contributed by atoms with Crippen molar-refractivity contribution < 1.29 is 14.4 Å². The maximum atomic E-state index is 12.8. The number of hydrogen-bond acceptors (Lipinski definition) is 3. The lowest BCUT2D eigenvalue weighted by molar-refractivity contribution is -0.140. The zero-order chi connectivity index (χ0) is 20.1. The van der Waals surface area contributed by atoms with Crippen LogP contribution in [-0.2, 0) is 14.4 Å². The first kappa shape index (κ1) is 20.4. The molecule has 0 bridgehead atoms. The molecule has 1 aromatic carbocycles. The molecular weight excluding hydrogens is 354 g/mol. The van der Waals surface area contributed by atoms with Gasteiger partial charge in [-0.15, -0.1) is 0 Å². The highest BCUT2D eigenvalue weighted by Gasteiger charge is 2.33. The van der Waals surface area contributed by atoms with Crippen LogP contribution in [0.15, 0.2) is 24.3 Å². The minimum atomic E-state index is -0.0313. The van der Waals surface area contributed by atoms with E-state index in [0.717, 1.165) is 43.3 Å². The Hall–Kier alpha value is -2.37. The third-order valence-corrected chi connectivity index (χ3v) is 6.06. The molecule has 0 radical (unpaired) electrons. The molecule has 1 N–H and O–H groups in total. The Bertz CT molecular complexity index is 703. The molecule has 1 saturated heterocycles. The normalized spacial score (nSPS) is 22.8. The van der Waals surface area contributed by atoms with Crippen LogP contribution >= 0.6 is 0 Å². The van der Waals surface area contributed by atoms with E-state index in [9.17, 15) is 14.4 Å². The molecule has 0 aromatic heterocycles. The fraction of sp³-hybridized carbons (Fsp3) is 0.591. The summed E-state index contributed by atoms with van der Waals surface area (Å²) in [6, 6.07) is 7.96. The lowest BCUT2D eigenvalue weighted by Crippen LogP contribution is -2.50. The first-order valence-electron chi connectivity index (χ1n) is 10.4. The predicted molar refractivity (Wildman–Crippen MR) is 109 cm³/mol. The van der Waals surface area contributed by atoms with E-state index in [-0.39, 0.29) is 23.7 Å². The largest absolute Gasteiger partial charge is 0.342 e. The van der Waals surface area contributed by atoms with Gasteiger partial charge < -0.3 is 15.1 Å². The summed E-state index contributed by atoms with van der Waals surface area (Å²) in [7, 11) is 0. The fourth-order valence-electron chi connectivity index (χ4n) is 4.26. The fourth-order valence-corrected chi connectivity index (χ4v) is 4.26. The molecule has 1 saturated carbocycles. The van der Waals surface area contributed by atoms with Crippen LogP contribution in [0.5, 0.6) is 0 Å². The quantitative estimate of drug-likeness (QED) is 0.793. The Labute approximate surface area is 167 Å². The molecule has 2 fully saturated rings. The van der Waals surface area contributed by atoms with E-state index < -0.39 is 0 Å². The Morgan fingerprint density at radius 1 is 1.00 bits per heavy atom. The van der Waals surface area contributed by atoms with Gasteiger partial charge in [0.05, 0.1) is 0 Å². The van der Waals surface area contributed by atoms with Crippen LogP contribution < -0.4 is 5.32 Å². The zero-order valence-electron chi connectivity index (χ0n) is 16.9. The van der Waals surface area contributed by atoms with Crippen LogP contribution in [0.3, 0.4) is 0 Å². The number of carbonyl (C=O) groups excluding carboxylic acids is 3. The summed E-state index contributed by atoms with van der Waals surface area (Å²) in [6.07, 6.45) is 3.87. The van der Waals surface area contributed by atoms with Gasteiger partial charge in [-0.1, -0.05) is 32.0 Å². The Morgan fingerprint density at radius 3 is 2.21 bits per heavy atom. The number of amides is 3. The molecule has 1 aliphatic heterocycles. The number of rotatable bonds is 5. The molecule has 6 nitrogen and oxygen atoms in total. The molecule has 3 amide bonds. The van der Waals surface area contributed by atoms with Gasteiger partial charge in [-0.3, -0.25) is 14.4 Å². The van der Waals surface area contributed by atoms with Gasteiger partial charge in [-0.25, -0.2) is 0 Å². The van der Waals surface area contributed by atoms with Gasteiger partial charge in [-0.2, -0.15) is 0 Å². The first-order valence-corrected chi connectivity index (χ1v) is 10.4. The molecule has 152 valence electrons. The maximum Gasteiger partial charge on any atom is 0.227 e. The van der Waals surface area contributed by atoms with E-state index in [1.54, 1.807) is 4.90 Å². The summed E-state index contributed by atoms with van der Waals surface area (Å²) in [4.78, 5) is 39.9. The van der Waals surface area contributed by atoms with E-state index in [4.69, 9.17) is 0 Å². The molecule has 0 spiro atoms. The van der Waals surface area contributed by atoms with E-state index in [0.29, 0.717) is 32.1 Å². The van der Waals surface area contributed by atoms with Crippen molar-refractivity contribution in [1.29, 1.82) is 0 Å². The third kappa shape index (κ3) is 4.72. The molecular formula is C22H31N3O3. The van der Waals surface area contributed by atoms with Gasteiger partial charge in [0.15, 0.2) is 0 Å². The minimum absolute atomic E-state index is 0.00906. The molecule has 1 aliphatic carbocycles. The van der Waals surface area contributed by atoms with E-state index in [1.165, 1.54) is 0 Å². The van der Waals surface area contributed by atoms with Gasteiger partial charge >= 0.3 is 0 Å². The first-order chi connectivity index (χ1) is 13.5. The lowest BCUT2D eigenvalue weighted by Gasteiger charge is -2.36. The Morgan fingerprint density at radius 2 is 1.61 bits per heavy atom. The topological polar surface area (TPSA) is 69.7 Å². The molecule has 6 heteroatoms. The number of carbonyl (C=O) groups is 3. The Balaban J connectivity index is 1.50. The highest BCUT2D eigenvalue weighted by Crippen LogP contribution is 2.32. The summed E-state index contributed by atoms with van der Waals surface area (Å²) in [5.74, 6) is 0.587. The molecule has 1 heterocycles. The molecule has 28 heavy (non-hydrogen) atoms. The second-order valence-corrected chi connectivity index (χ2v) is 8.25. The maximum absolute atomic E-state index is 12.8. The van der Waals surface area contributed by atoms with E-state index in [1.807, 2.05) is 23.1 Å². The van der Waals surface area contributed by atoms with Crippen molar-refractivity contribution in [3.63, 3.8) is 0 Å². The number of nitrogens with one attached hydrogen (secondary N) is 1. The van der Waals surface area contributed by atoms with E-state index >= 15 is 0 Å². The average Bonchev–Trinajstić information content (AvgIpc) is 2.73. The van der Waals surface area contributed by atoms with Crippen LogP contribution in [0.1, 0.15) is 51.0 Å². The third-order valence-electron chi connectivity index (χ3n) is 6.06. The van der Waals surface area contributed by atoms with Crippen molar-refractivity contribution in [3.8, 4) is 0 Å². The van der Waals surface area contributed by atoms with Gasteiger partial charge in [0.2, 0.25) is 18.2 Å². The number of nitrogens with zero attached hydrogens (tertiary/aromatic N) is 2. The summed E-state index contributed by atoms with van der Waals surface area (Å²) in [6.45, 7) is 6.70. The summed E-state index contributed by atoms with van der Waals surface area (Å²) in [5, 5.41) is 3.11. The van der Waals surface area contributed by atoms with Gasteiger partial charge in [-0.05, 0) is 43.2 Å². The van der Waals surface area contributed by atoms with Gasteiger partial charge in [0, 0.05) is 43.7 Å². The highest BCUT2D eigenvalue weighted by molar-refractivity contribution is 5.93. The smallest absolute Gasteiger partial charge is 0.227 e. The molecule has 0 atom stereocenters. The van der Waals surface area contributed by atoms with E-state index in [2.05, 4.69) is 25.2 Å². The highest BCUT2D eigenvalue weighted by atomic mass is 16.2. The van der Waals surface area contributed by atoms with Crippen LogP contribution in [0.25, 0.3) is 0 Å². The average molecular weight is 386 g/mol. The number of piperazine rings is 1. The van der Waals surface area contributed by atoms with Crippen molar-refractivity contribution in [2.24, 2.45) is 11.8 Å². The number of hydrogen-bond donors (Lipinski definition) is 1. The van der Waals surface area contributed by atoms with Crippen molar-refractivity contribution in [2.45, 2.75) is 45.4 Å². The van der Waals surface area contributed by atoms with Crippen molar-refractivity contribution >= 4 is 23.9 Å². The molecule has 0 unspecified atom stereocenters. The summed E-state index contributed by atoms with van der Waals surface area (Å²) >= 11 is 0. The Kier molecular flexibility index (Phi) is 6.70. The van der Waals surface area contributed by atoms with Crippen molar-refractivity contribution in [3.05, 3.63) is 29.8 Å². The zero-order valence-corrected chi connectivity index (χ0v) is 16.9. The molecule has 3 rings (SSSR count). The van der Waals surface area contributed by atoms with Crippen LogP contribution in [0.4, 0.5) is 5.69 Å². The summed E-state index contributed by atoms with van der Waals surface area (Å²) < 4.78 is 0. The van der Waals surface area contributed by atoms with Crippen LogP contribution in [-0.4, -0.2) is 54.2 Å². The second kappa shape index (κ2) is 9.22. The van der Waals surface area contributed by atoms with Crippen LogP contribution in [0.2, 0.25) is 0 Å². The lowest BCUT2D eigenvalue weighted by atomic mass is 9.80. The van der Waals surface area contributed by atoms with Crippen molar-refractivity contribution in [1.82, 2.24) is 9.80 Å². The summed E-state index contributed by atoms with van der Waals surface area (Å²) in [5.41, 5.74) is 2.04. The SMILES string of the molecule is CC(C)c1ccccc1NC(=O)C1CCC(C(=O)N2CCN(C=O)CC2)CC1. The molecule has 1 aromatic rings. The number of para-hydroxylation sites is 1. The monoisotopic (exact) mass is 385 g/mol. The van der Waals surface area contributed by atoms with Gasteiger partial charge in [0.25, 0.3) is 0 Å². The van der Waals surface area contributed by atoms with Crippen molar-refractivity contribution in [2.75, 3.05) is 31.5 Å². The molecule has 2 aliphatic rings.